The van der Waals surface area contributed by atoms with Crippen LogP contribution in [0, 0.1) is 13.8 Å². The number of amides is 1. The fraction of sp³-hybridized carbons (Fsp3) is 0.227. The summed E-state index contributed by atoms with van der Waals surface area (Å²) in [6, 6.07) is 19.8. The van der Waals surface area contributed by atoms with Gasteiger partial charge in [-0.15, -0.1) is 0 Å². The van der Waals surface area contributed by atoms with E-state index in [0.29, 0.717) is 6.42 Å². The molecule has 1 N–H and O–H groups in total. The van der Waals surface area contributed by atoms with Crippen molar-refractivity contribution in [2.24, 2.45) is 0 Å². The Hall–Kier alpha value is -2.81. The van der Waals surface area contributed by atoms with E-state index in [1.54, 1.807) is 0 Å². The Kier molecular flexibility index (Phi) is 5.03. The summed E-state index contributed by atoms with van der Waals surface area (Å²) >= 11 is 0. The molecule has 3 nitrogen and oxygen atoms in total. The van der Waals surface area contributed by atoms with Crippen LogP contribution in [0.15, 0.2) is 60.7 Å². The van der Waals surface area contributed by atoms with Crippen molar-refractivity contribution >= 4 is 22.4 Å². The molecule has 1 amide bonds. The van der Waals surface area contributed by atoms with E-state index in [9.17, 15) is 4.79 Å². The van der Waals surface area contributed by atoms with Gasteiger partial charge in [-0.3, -0.25) is 4.79 Å². The fourth-order valence-electron chi connectivity index (χ4n) is 2.87. The summed E-state index contributed by atoms with van der Waals surface area (Å²) in [6.45, 7) is 6.01. The number of rotatable bonds is 5. The third-order valence-corrected chi connectivity index (χ3v) is 4.53. The zero-order chi connectivity index (χ0) is 17.8. The lowest BCUT2D eigenvalue weighted by Crippen LogP contribution is -2.32. The van der Waals surface area contributed by atoms with E-state index in [1.807, 2.05) is 81.4 Å². The number of ether oxygens (including phenoxy) is 1. The summed E-state index contributed by atoms with van der Waals surface area (Å²) in [6.07, 6.45) is 0.0729. The summed E-state index contributed by atoms with van der Waals surface area (Å²) in [7, 11) is 0. The van der Waals surface area contributed by atoms with Crippen LogP contribution in [-0.2, 0) is 4.79 Å². The zero-order valence-corrected chi connectivity index (χ0v) is 14.9. The van der Waals surface area contributed by atoms with Gasteiger partial charge >= 0.3 is 0 Å². The molecule has 0 fully saturated rings. The summed E-state index contributed by atoms with van der Waals surface area (Å²) in [5, 5.41) is 5.15. The summed E-state index contributed by atoms with van der Waals surface area (Å²) < 4.78 is 6.01. The van der Waals surface area contributed by atoms with Gasteiger partial charge in [0.15, 0.2) is 6.10 Å². The second-order valence-electron chi connectivity index (χ2n) is 6.23. The topological polar surface area (TPSA) is 38.3 Å². The molecule has 0 bridgehead atoms. The largest absolute Gasteiger partial charge is 0.480 e. The van der Waals surface area contributed by atoms with Gasteiger partial charge in [0.1, 0.15) is 5.75 Å². The molecular weight excluding hydrogens is 310 g/mol. The molecule has 0 aliphatic carbocycles. The number of fused-ring (bicyclic) bond motifs is 1. The van der Waals surface area contributed by atoms with E-state index in [1.165, 1.54) is 0 Å². The van der Waals surface area contributed by atoms with Crippen LogP contribution in [0.5, 0.6) is 5.75 Å². The van der Waals surface area contributed by atoms with Crippen molar-refractivity contribution in [3.63, 3.8) is 0 Å². The molecule has 0 unspecified atom stereocenters. The van der Waals surface area contributed by atoms with Crippen molar-refractivity contribution in [1.82, 2.24) is 0 Å². The first-order chi connectivity index (χ1) is 12.1. The van der Waals surface area contributed by atoms with Crippen molar-refractivity contribution in [2.75, 3.05) is 5.32 Å². The Morgan fingerprint density at radius 1 is 1.00 bits per heavy atom. The third-order valence-electron chi connectivity index (χ3n) is 4.53. The van der Waals surface area contributed by atoms with Crippen molar-refractivity contribution in [1.29, 1.82) is 0 Å². The molecule has 3 heteroatoms. The summed E-state index contributed by atoms with van der Waals surface area (Å²) in [5.74, 6) is 0.639. The predicted octanol–water partition coefficient (Wildman–Crippen LogP) is 5.25. The lowest BCUT2D eigenvalue weighted by Gasteiger charge is -2.20. The molecule has 0 radical (unpaired) electrons. The van der Waals surface area contributed by atoms with Crippen molar-refractivity contribution in [3.8, 4) is 5.75 Å². The molecule has 0 spiro atoms. The molecule has 0 saturated heterocycles. The maximum Gasteiger partial charge on any atom is 0.265 e. The van der Waals surface area contributed by atoms with E-state index >= 15 is 0 Å². The zero-order valence-electron chi connectivity index (χ0n) is 14.9. The highest BCUT2D eigenvalue weighted by atomic mass is 16.5. The third kappa shape index (κ3) is 3.66. The van der Waals surface area contributed by atoms with E-state index in [-0.39, 0.29) is 5.91 Å². The Bertz CT molecular complexity index is 896. The summed E-state index contributed by atoms with van der Waals surface area (Å²) in [5.41, 5.74) is 3.03. The molecule has 0 saturated carbocycles. The number of carbonyl (C=O) groups excluding carboxylic acids is 1. The molecule has 25 heavy (non-hydrogen) atoms. The van der Waals surface area contributed by atoms with Gasteiger partial charge in [0, 0.05) is 11.1 Å². The minimum Gasteiger partial charge on any atom is -0.480 e. The van der Waals surface area contributed by atoms with E-state index in [0.717, 1.165) is 33.3 Å². The molecule has 0 heterocycles. The van der Waals surface area contributed by atoms with Gasteiger partial charge in [-0.1, -0.05) is 55.5 Å². The number of benzene rings is 3. The highest BCUT2D eigenvalue weighted by molar-refractivity contribution is 6.03. The fourth-order valence-corrected chi connectivity index (χ4v) is 2.87. The smallest absolute Gasteiger partial charge is 0.265 e. The van der Waals surface area contributed by atoms with Gasteiger partial charge in [-0.25, -0.2) is 0 Å². The van der Waals surface area contributed by atoms with Crippen LogP contribution in [0.25, 0.3) is 10.8 Å². The average Bonchev–Trinajstić information content (AvgIpc) is 2.63. The molecule has 0 aromatic heterocycles. The standard InChI is InChI=1S/C22H23NO2/c1-4-20(25-21-14-7-9-15(2)16(21)3)22(24)23-19-13-8-11-17-10-5-6-12-18(17)19/h5-14,20H,4H2,1-3H3,(H,23,24)/t20-/m1/s1. The molecule has 3 aromatic carbocycles. The second kappa shape index (κ2) is 7.39. The molecule has 128 valence electrons. The van der Waals surface area contributed by atoms with Gasteiger partial charge < -0.3 is 10.1 Å². The van der Waals surface area contributed by atoms with Gasteiger partial charge in [0.25, 0.3) is 5.91 Å². The molecular formula is C22H23NO2. The minimum absolute atomic E-state index is 0.125. The summed E-state index contributed by atoms with van der Waals surface area (Å²) in [4.78, 5) is 12.8. The molecule has 3 rings (SSSR count). The SMILES string of the molecule is CC[C@@H](Oc1cccc(C)c1C)C(=O)Nc1cccc2ccccc12. The van der Waals surface area contributed by atoms with Crippen molar-refractivity contribution in [3.05, 3.63) is 71.8 Å². The van der Waals surface area contributed by atoms with Crippen LogP contribution >= 0.6 is 0 Å². The van der Waals surface area contributed by atoms with Crippen LogP contribution in [0.3, 0.4) is 0 Å². The highest BCUT2D eigenvalue weighted by Gasteiger charge is 2.20. The average molecular weight is 333 g/mol. The number of aryl methyl sites for hydroxylation is 1. The van der Waals surface area contributed by atoms with Crippen molar-refractivity contribution < 1.29 is 9.53 Å². The first-order valence-corrected chi connectivity index (χ1v) is 8.61. The quantitative estimate of drug-likeness (QED) is 0.692. The maximum absolute atomic E-state index is 12.8. The normalized spacial score (nSPS) is 12.0. The number of carbonyl (C=O) groups is 1. The van der Waals surface area contributed by atoms with Crippen LogP contribution < -0.4 is 10.1 Å². The number of hydrogen-bond acceptors (Lipinski definition) is 2. The highest BCUT2D eigenvalue weighted by Crippen LogP contribution is 2.25. The minimum atomic E-state index is -0.528. The van der Waals surface area contributed by atoms with Crippen LogP contribution in [0.1, 0.15) is 24.5 Å². The molecule has 0 aliphatic rings. The molecule has 1 atom stereocenters. The second-order valence-corrected chi connectivity index (χ2v) is 6.23. The van der Waals surface area contributed by atoms with E-state index in [4.69, 9.17) is 4.74 Å². The maximum atomic E-state index is 12.8. The lowest BCUT2D eigenvalue weighted by atomic mass is 10.1. The first-order valence-electron chi connectivity index (χ1n) is 8.61. The Morgan fingerprint density at radius 3 is 2.52 bits per heavy atom. The van der Waals surface area contributed by atoms with Crippen LogP contribution in [0.4, 0.5) is 5.69 Å². The van der Waals surface area contributed by atoms with E-state index < -0.39 is 6.10 Å². The lowest BCUT2D eigenvalue weighted by molar-refractivity contribution is -0.122. The Balaban J connectivity index is 1.81. The molecule has 0 aliphatic heterocycles. The monoisotopic (exact) mass is 333 g/mol. The predicted molar refractivity (Wildman–Crippen MR) is 103 cm³/mol. The van der Waals surface area contributed by atoms with Gasteiger partial charge in [-0.2, -0.15) is 0 Å². The Labute approximate surface area is 148 Å². The van der Waals surface area contributed by atoms with Crippen LogP contribution in [-0.4, -0.2) is 12.0 Å². The van der Waals surface area contributed by atoms with Crippen LogP contribution in [0.2, 0.25) is 0 Å². The Morgan fingerprint density at radius 2 is 1.72 bits per heavy atom. The van der Waals surface area contributed by atoms with Gasteiger partial charge in [0.05, 0.1) is 0 Å². The van der Waals surface area contributed by atoms with E-state index in [2.05, 4.69) is 5.32 Å². The number of hydrogen-bond donors (Lipinski definition) is 1. The number of anilines is 1. The van der Waals surface area contributed by atoms with Gasteiger partial charge in [-0.05, 0) is 48.9 Å². The van der Waals surface area contributed by atoms with Gasteiger partial charge in [0.2, 0.25) is 0 Å². The molecule has 3 aromatic rings. The first kappa shape index (κ1) is 17.0. The number of nitrogens with one attached hydrogen (secondary N) is 1. The van der Waals surface area contributed by atoms with Crippen molar-refractivity contribution in [2.45, 2.75) is 33.3 Å².